The minimum atomic E-state index is -4.31. The minimum Gasteiger partial charge on any atom is -0.748 e. The van der Waals surface area contributed by atoms with Crippen LogP contribution < -0.4 is 68.6 Å². The van der Waals surface area contributed by atoms with Gasteiger partial charge in [0.15, 0.2) is 0 Å². The SMILES string of the molecule is C=Cc1ccc(/C=C/c2cc(OCCCS(=O)(=O)[O-])ccc2OCCCS(=O)(=O)[O-])cc1.[Na+].[Na+]. The van der Waals surface area contributed by atoms with Gasteiger partial charge >= 0.3 is 59.1 Å². The summed E-state index contributed by atoms with van der Waals surface area (Å²) in [5.41, 5.74) is 2.54. The van der Waals surface area contributed by atoms with Crippen molar-refractivity contribution in [2.75, 3.05) is 24.7 Å². The summed E-state index contributed by atoms with van der Waals surface area (Å²) < 4.78 is 75.5. The molecule has 174 valence electrons. The van der Waals surface area contributed by atoms with Crippen LogP contribution in [0.5, 0.6) is 11.5 Å². The maximum absolute atomic E-state index is 10.7. The third kappa shape index (κ3) is 14.0. The average molecular weight is 527 g/mol. The van der Waals surface area contributed by atoms with E-state index in [-0.39, 0.29) is 85.2 Å². The smallest absolute Gasteiger partial charge is 0.748 e. The molecule has 0 heterocycles. The molecule has 0 unspecified atom stereocenters. The van der Waals surface area contributed by atoms with E-state index in [1.54, 1.807) is 30.4 Å². The van der Waals surface area contributed by atoms with E-state index in [1.165, 1.54) is 0 Å². The minimum absolute atomic E-state index is 0. The maximum atomic E-state index is 10.7. The van der Waals surface area contributed by atoms with Gasteiger partial charge in [-0.2, -0.15) is 0 Å². The van der Waals surface area contributed by atoms with Gasteiger partial charge in [-0.05, 0) is 42.2 Å². The topological polar surface area (TPSA) is 133 Å². The van der Waals surface area contributed by atoms with Crippen LogP contribution in [-0.2, 0) is 20.2 Å². The Labute approximate surface area is 245 Å². The van der Waals surface area contributed by atoms with Crippen molar-refractivity contribution in [1.29, 1.82) is 0 Å². The van der Waals surface area contributed by atoms with E-state index >= 15 is 0 Å². The van der Waals surface area contributed by atoms with Crippen molar-refractivity contribution in [1.82, 2.24) is 0 Å². The van der Waals surface area contributed by atoms with Crippen LogP contribution in [0.3, 0.4) is 0 Å². The fourth-order valence-electron chi connectivity index (χ4n) is 2.65. The van der Waals surface area contributed by atoms with E-state index < -0.39 is 31.7 Å². The summed E-state index contributed by atoms with van der Waals surface area (Å²) >= 11 is 0. The molecule has 0 amide bonds. The van der Waals surface area contributed by atoms with E-state index in [9.17, 15) is 25.9 Å². The van der Waals surface area contributed by atoms with Crippen molar-refractivity contribution in [2.45, 2.75) is 12.8 Å². The number of hydrogen-bond acceptors (Lipinski definition) is 8. The van der Waals surface area contributed by atoms with E-state index in [2.05, 4.69) is 6.58 Å². The van der Waals surface area contributed by atoms with Gasteiger partial charge in [0.05, 0.1) is 33.5 Å². The normalized spacial score (nSPS) is 11.4. The molecule has 0 bridgehead atoms. The molecule has 0 aliphatic rings. The second kappa shape index (κ2) is 16.2. The van der Waals surface area contributed by atoms with Crippen LogP contribution in [-0.4, -0.2) is 50.7 Å². The van der Waals surface area contributed by atoms with Gasteiger partial charge < -0.3 is 18.6 Å². The summed E-state index contributed by atoms with van der Waals surface area (Å²) in [6.45, 7) is 3.80. The predicted octanol–water partition coefficient (Wildman–Crippen LogP) is -2.86. The standard InChI is InChI=1S/C22H26O8S2.2Na/c1-2-18-5-7-19(8-6-18)9-10-20-17-21(29-13-3-15-31(23,24)25)11-12-22(20)30-14-4-16-32(26,27)28;;/h2,5-12,17H,1,3-4,13-16H2,(H,23,24,25)(H,26,27,28);;/q;2*+1/p-2/b10-9+;;. The molecule has 0 N–H and O–H groups in total. The van der Waals surface area contributed by atoms with Crippen LogP contribution in [0.1, 0.15) is 29.5 Å². The molecule has 12 heteroatoms. The average Bonchev–Trinajstić information content (AvgIpc) is 2.72. The van der Waals surface area contributed by atoms with Crippen LogP contribution in [0, 0.1) is 0 Å². The summed E-state index contributed by atoms with van der Waals surface area (Å²) in [6.07, 6.45) is 5.50. The van der Waals surface area contributed by atoms with E-state index in [0.29, 0.717) is 17.1 Å². The Morgan fingerprint density at radius 3 is 1.82 bits per heavy atom. The zero-order valence-corrected chi connectivity index (χ0v) is 24.9. The second-order valence-electron chi connectivity index (χ2n) is 6.83. The zero-order chi connectivity index (χ0) is 23.6. The van der Waals surface area contributed by atoms with Crippen molar-refractivity contribution < 1.29 is 94.5 Å². The number of rotatable bonds is 13. The van der Waals surface area contributed by atoms with Gasteiger partial charge in [0, 0.05) is 17.1 Å². The second-order valence-corrected chi connectivity index (χ2v) is 9.88. The molecule has 0 saturated heterocycles. The zero-order valence-electron chi connectivity index (χ0n) is 19.3. The first-order valence-electron chi connectivity index (χ1n) is 9.73. The number of hydrogen-bond donors (Lipinski definition) is 0. The Balaban J connectivity index is 0.00000544. The van der Waals surface area contributed by atoms with E-state index in [1.807, 2.05) is 30.3 Å². The molecule has 2 aromatic rings. The van der Waals surface area contributed by atoms with Gasteiger partial charge in [-0.3, -0.25) is 0 Å². The first-order valence-corrected chi connectivity index (χ1v) is 12.9. The van der Waals surface area contributed by atoms with Crippen LogP contribution in [0.2, 0.25) is 0 Å². The number of benzene rings is 2. The Bertz CT molecular complexity index is 1150. The molecule has 0 aliphatic carbocycles. The van der Waals surface area contributed by atoms with Gasteiger partial charge in [-0.15, -0.1) is 0 Å². The molecule has 2 rings (SSSR count). The summed E-state index contributed by atoms with van der Waals surface area (Å²) in [6, 6.07) is 12.6. The van der Waals surface area contributed by atoms with E-state index in [4.69, 9.17) is 9.47 Å². The summed E-state index contributed by atoms with van der Waals surface area (Å²) in [5, 5.41) is 0. The summed E-state index contributed by atoms with van der Waals surface area (Å²) in [4.78, 5) is 0. The fraction of sp³-hybridized carbons (Fsp3) is 0.273. The Hall–Kier alpha value is -0.660. The quantitative estimate of drug-likeness (QED) is 0.118. The van der Waals surface area contributed by atoms with Crippen LogP contribution in [0.15, 0.2) is 49.0 Å². The molecule has 0 atom stereocenters. The van der Waals surface area contributed by atoms with Gasteiger partial charge in [0.2, 0.25) is 0 Å². The van der Waals surface area contributed by atoms with Crippen molar-refractivity contribution in [3.63, 3.8) is 0 Å². The van der Waals surface area contributed by atoms with Gasteiger partial charge in [0.25, 0.3) is 0 Å². The molecule has 0 aliphatic heterocycles. The van der Waals surface area contributed by atoms with E-state index in [0.717, 1.165) is 11.1 Å². The monoisotopic (exact) mass is 526 g/mol. The first-order chi connectivity index (χ1) is 15.1. The van der Waals surface area contributed by atoms with Crippen LogP contribution >= 0.6 is 0 Å². The largest absolute Gasteiger partial charge is 1.00 e. The third-order valence-electron chi connectivity index (χ3n) is 4.21. The summed E-state index contributed by atoms with van der Waals surface area (Å²) in [5.74, 6) is -0.117. The van der Waals surface area contributed by atoms with Gasteiger partial charge in [0.1, 0.15) is 11.5 Å². The van der Waals surface area contributed by atoms with Crippen LogP contribution in [0.25, 0.3) is 18.2 Å². The first kappa shape index (κ1) is 33.3. The predicted molar refractivity (Wildman–Crippen MR) is 121 cm³/mol. The molecule has 34 heavy (non-hydrogen) atoms. The Morgan fingerprint density at radius 1 is 0.765 bits per heavy atom. The molecular weight excluding hydrogens is 502 g/mol. The van der Waals surface area contributed by atoms with Crippen molar-refractivity contribution in [3.05, 3.63) is 65.7 Å². The molecule has 0 saturated carbocycles. The molecule has 0 radical (unpaired) electrons. The Kier molecular flexibility index (Phi) is 15.8. The fourth-order valence-corrected chi connectivity index (χ4v) is 3.59. The Morgan fingerprint density at radius 2 is 1.29 bits per heavy atom. The molecule has 0 spiro atoms. The van der Waals surface area contributed by atoms with Crippen molar-refractivity contribution in [3.8, 4) is 11.5 Å². The molecule has 0 fully saturated rings. The number of ether oxygens (including phenoxy) is 2. The molecule has 2 aromatic carbocycles. The molecule has 0 aromatic heterocycles. The van der Waals surface area contributed by atoms with Crippen molar-refractivity contribution in [2.24, 2.45) is 0 Å². The van der Waals surface area contributed by atoms with Crippen molar-refractivity contribution >= 4 is 38.5 Å². The van der Waals surface area contributed by atoms with Gasteiger partial charge in [-0.25, -0.2) is 16.8 Å². The maximum Gasteiger partial charge on any atom is 1.00 e. The third-order valence-corrected chi connectivity index (χ3v) is 5.79. The molecular formula is C22H24Na2O8S2. The van der Waals surface area contributed by atoms with Crippen LogP contribution in [0.4, 0.5) is 0 Å². The van der Waals surface area contributed by atoms with Gasteiger partial charge in [-0.1, -0.05) is 49.1 Å². The molecule has 8 nitrogen and oxygen atoms in total. The summed E-state index contributed by atoms with van der Waals surface area (Å²) in [7, 11) is -8.60.